The van der Waals surface area contributed by atoms with Gasteiger partial charge in [-0.25, -0.2) is 0 Å². The number of epoxide rings is 1. The number of aliphatic hydroxyl groups excluding tert-OH is 1. The molecule has 0 radical (unpaired) electrons. The molecule has 526 valence electrons. The molecule has 7 N–H and O–H groups in total. The fraction of sp³-hybridized carbons (Fsp3) is 0.743. The number of Topliss-reactive ketones (excluding diaryl/α,β-unsaturated/α-hetero) is 1. The molecular formula is C70H113BrN6O16. The number of benzene rings is 1. The smallest absolute Gasteiger partial charge is 0.244 e. The van der Waals surface area contributed by atoms with Crippen LogP contribution in [0.4, 0.5) is 5.69 Å². The number of rotatable bonds is 46. The molecule has 4 aliphatic rings. The molecule has 4 fully saturated rings. The van der Waals surface area contributed by atoms with Gasteiger partial charge < -0.3 is 79.6 Å². The van der Waals surface area contributed by atoms with Crippen LogP contribution in [-0.4, -0.2) is 205 Å². The normalized spacial score (nSPS) is 24.6. The third kappa shape index (κ3) is 32.9. The summed E-state index contributed by atoms with van der Waals surface area (Å²) in [5.74, 6) is 0.225. The fourth-order valence-electron chi connectivity index (χ4n) is 12.1. The van der Waals surface area contributed by atoms with E-state index in [1.807, 2.05) is 45.0 Å². The van der Waals surface area contributed by atoms with E-state index < -0.39 is 12.1 Å². The van der Waals surface area contributed by atoms with Crippen LogP contribution in [0.3, 0.4) is 0 Å². The monoisotopic (exact) mass is 1370 g/mol. The number of hydrogen-bond acceptors (Lipinski definition) is 17. The highest BCUT2D eigenvalue weighted by molar-refractivity contribution is 9.09. The van der Waals surface area contributed by atoms with Gasteiger partial charge in [0.1, 0.15) is 5.78 Å². The minimum Gasteiger partial charge on any atom is -0.389 e. The number of para-hydroxylation sites is 1. The molecule has 93 heavy (non-hydrogen) atoms. The zero-order valence-corrected chi connectivity index (χ0v) is 58.4. The van der Waals surface area contributed by atoms with Gasteiger partial charge in [-0.05, 0) is 122 Å². The van der Waals surface area contributed by atoms with Crippen LogP contribution in [0.2, 0.25) is 0 Å². The zero-order valence-electron chi connectivity index (χ0n) is 56.9. The van der Waals surface area contributed by atoms with Gasteiger partial charge in [0.05, 0.1) is 139 Å². The second-order valence-corrected chi connectivity index (χ2v) is 26.6. The summed E-state index contributed by atoms with van der Waals surface area (Å²) in [6.45, 7) is 22.4. The minimum atomic E-state index is -0.684. The lowest BCUT2D eigenvalue weighted by Gasteiger charge is -2.39. The van der Waals surface area contributed by atoms with E-state index in [0.29, 0.717) is 137 Å². The van der Waals surface area contributed by atoms with Gasteiger partial charge >= 0.3 is 0 Å². The highest BCUT2D eigenvalue weighted by Crippen LogP contribution is 2.43. The summed E-state index contributed by atoms with van der Waals surface area (Å²) in [4.78, 5) is 77.0. The number of aryl methyl sites for hydroxylation is 1. The maximum absolute atomic E-state index is 13.6. The van der Waals surface area contributed by atoms with Crippen LogP contribution < -0.4 is 31.9 Å². The fourth-order valence-corrected chi connectivity index (χ4v) is 12.3. The number of amides is 5. The number of nitrogens with one attached hydrogen (secondary N) is 6. The highest BCUT2D eigenvalue weighted by Gasteiger charge is 2.51. The summed E-state index contributed by atoms with van der Waals surface area (Å²) in [6.07, 6.45) is 17.7. The van der Waals surface area contributed by atoms with E-state index in [1.165, 1.54) is 12.2 Å². The summed E-state index contributed by atoms with van der Waals surface area (Å²) < 4.78 is 52.0. The van der Waals surface area contributed by atoms with Crippen molar-refractivity contribution in [3.8, 4) is 0 Å². The molecule has 5 amide bonds. The summed E-state index contributed by atoms with van der Waals surface area (Å²) >= 11 is 3.09. The van der Waals surface area contributed by atoms with E-state index in [4.69, 9.17) is 42.6 Å². The topological polar surface area (TPSA) is 281 Å². The number of allylic oxidation sites excluding steroid dienone is 2. The zero-order chi connectivity index (χ0) is 67.4. The van der Waals surface area contributed by atoms with Gasteiger partial charge in [-0.1, -0.05) is 84.8 Å². The van der Waals surface area contributed by atoms with Crippen molar-refractivity contribution >= 4 is 56.9 Å². The molecule has 11 atom stereocenters. The van der Waals surface area contributed by atoms with Gasteiger partial charge in [0, 0.05) is 75.1 Å². The Morgan fingerprint density at radius 3 is 2.00 bits per heavy atom. The lowest BCUT2D eigenvalue weighted by molar-refractivity contribution is -0.129. The van der Waals surface area contributed by atoms with E-state index in [1.54, 1.807) is 6.92 Å². The number of aliphatic hydroxyl groups is 1. The van der Waals surface area contributed by atoms with Crippen LogP contribution in [0.5, 0.6) is 0 Å². The first-order chi connectivity index (χ1) is 44.7. The molecule has 1 aromatic carbocycles. The van der Waals surface area contributed by atoms with Crippen LogP contribution in [-0.2, 0) is 77.8 Å². The summed E-state index contributed by atoms with van der Waals surface area (Å²) in [7, 11) is 0. The number of ketones is 1. The van der Waals surface area contributed by atoms with Crippen LogP contribution in [0, 0.1) is 17.8 Å². The summed E-state index contributed by atoms with van der Waals surface area (Å²) in [5, 5.41) is 28.4. The van der Waals surface area contributed by atoms with Crippen molar-refractivity contribution in [1.29, 1.82) is 0 Å². The average Bonchev–Trinajstić information content (AvgIpc) is 1.64. The van der Waals surface area contributed by atoms with E-state index in [0.717, 1.165) is 62.5 Å². The molecular weight excluding hydrogens is 1260 g/mol. The Balaban J connectivity index is 0.885. The van der Waals surface area contributed by atoms with Gasteiger partial charge in [-0.2, -0.15) is 0 Å². The molecule has 23 heteroatoms. The molecule has 1 aromatic rings. The number of unbranched alkanes of at least 4 members (excludes halogenated alkanes) is 1. The quantitative estimate of drug-likeness (QED) is 0.0111. The van der Waals surface area contributed by atoms with Crippen LogP contribution >= 0.6 is 15.9 Å². The van der Waals surface area contributed by atoms with E-state index >= 15 is 0 Å². The summed E-state index contributed by atoms with van der Waals surface area (Å²) in [6, 6.07) is 6.60. The van der Waals surface area contributed by atoms with Crippen LogP contribution in [0.1, 0.15) is 151 Å². The van der Waals surface area contributed by atoms with Crippen LogP contribution in [0.25, 0.3) is 0 Å². The lowest BCUT2D eigenvalue weighted by atomic mass is 9.82. The molecule has 3 heterocycles. The number of alkyl halides is 1. The van der Waals surface area contributed by atoms with Crippen molar-refractivity contribution in [2.45, 2.75) is 218 Å². The van der Waals surface area contributed by atoms with Gasteiger partial charge in [-0.15, -0.1) is 0 Å². The maximum atomic E-state index is 13.6. The number of ether oxygens (including phenoxy) is 9. The Kier molecular flexibility index (Phi) is 37.8. The second kappa shape index (κ2) is 44.3. The number of halogens is 1. The van der Waals surface area contributed by atoms with Gasteiger partial charge in [0.15, 0.2) is 0 Å². The molecule has 1 spiro atoms. The molecule has 22 nitrogen and oxygen atoms in total. The van der Waals surface area contributed by atoms with Crippen molar-refractivity contribution in [3.05, 3.63) is 65.8 Å². The number of anilines is 1. The minimum absolute atomic E-state index is 0.0200. The van der Waals surface area contributed by atoms with E-state index in [2.05, 4.69) is 93.8 Å². The Morgan fingerprint density at radius 2 is 1.38 bits per heavy atom. The van der Waals surface area contributed by atoms with Gasteiger partial charge in [-0.3, -0.25) is 28.8 Å². The number of carbonyl (C=O) groups excluding carboxylic acids is 6. The lowest BCUT2D eigenvalue weighted by Crippen LogP contribution is -2.55. The highest BCUT2D eigenvalue weighted by atomic mass is 79.9. The second-order valence-electron chi connectivity index (χ2n) is 26.0. The van der Waals surface area contributed by atoms with Gasteiger partial charge in [0.25, 0.3) is 0 Å². The molecule has 5 rings (SSSR count). The first-order valence-corrected chi connectivity index (χ1v) is 35.3. The molecule has 0 aromatic heterocycles. The number of carbonyl (C=O) groups is 6. The SMILES string of the molecule is CC(/C=C/[C@@H]1C[C@]2(CO2)C[C@@H](CC(=O)NC2CCC(CC(=O)CCc3ccccc3NC(=O)[C@H](C)NC(C)[C@@H](NC(=O)CCCCOCCOCCOCCOCCOCCOCCNC(=O)CBr)C(C)C)CC2)O1)=C\C[C@@H]1O[C@H](C)[C@H](NC(=O)/C=C\[C@H](C)O)C[C@@H]1C. The summed E-state index contributed by atoms with van der Waals surface area (Å²) in [5.41, 5.74) is 2.43. The molecule has 1 saturated carbocycles. The Morgan fingerprint density at radius 1 is 0.742 bits per heavy atom. The van der Waals surface area contributed by atoms with Crippen molar-refractivity contribution in [1.82, 2.24) is 26.6 Å². The predicted octanol–water partition coefficient (Wildman–Crippen LogP) is 7.31. The molecule has 3 saturated heterocycles. The molecule has 3 aliphatic heterocycles. The molecule has 1 aliphatic carbocycles. The molecule has 0 bridgehead atoms. The Bertz CT molecular complexity index is 2470. The third-order valence-electron chi connectivity index (χ3n) is 17.5. The van der Waals surface area contributed by atoms with E-state index in [9.17, 15) is 33.9 Å². The van der Waals surface area contributed by atoms with Crippen molar-refractivity contribution in [2.24, 2.45) is 17.8 Å². The third-order valence-corrected chi connectivity index (χ3v) is 18.0. The predicted molar refractivity (Wildman–Crippen MR) is 361 cm³/mol. The van der Waals surface area contributed by atoms with E-state index in [-0.39, 0.29) is 119 Å². The van der Waals surface area contributed by atoms with Gasteiger partial charge in [0.2, 0.25) is 29.5 Å². The average molecular weight is 1370 g/mol. The van der Waals surface area contributed by atoms with Crippen molar-refractivity contribution in [3.63, 3.8) is 0 Å². The maximum Gasteiger partial charge on any atom is 0.244 e. The standard InChI is InChI=1S/C70H113BrN6O16/c1-48(2)68(77-64(80)15-11-12-29-85-31-33-87-35-37-89-39-40-90-38-36-88-34-32-86-30-28-72-67(83)46-71)52(6)73-53(7)69(84)76-61-14-10-9-13-56(61)21-24-58(79)42-55-19-22-57(23-20-55)74-66(82)43-60-45-70(47-91-70)44-59(93-60)25-16-49(3)17-26-63-50(4)41-62(54(8)92-63)75-65(81)27-18-51(5)78/h9-10,13-14,16-18,25,27,48,50-55,57,59-60,62-63,68,73,78H,11-12,15,19-24,26,28-47H2,1-8H3,(H,72,83)(H,74,82)(H,75,81)(H,76,84)(H,77,80)/b25-16+,27-18-,49-17+/t50-,51-,52?,53-,54+,55?,57?,59+,60+,62+,63-,68-,70+/m0/s1. The molecule has 1 unspecified atom stereocenters. The first kappa shape index (κ1) is 79.2. The number of hydrogen-bond donors (Lipinski definition) is 7. The van der Waals surface area contributed by atoms with Crippen molar-refractivity contribution < 1.29 is 76.5 Å². The Labute approximate surface area is 562 Å². The van der Waals surface area contributed by atoms with Crippen LogP contribution in [0.15, 0.2) is 60.2 Å². The largest absolute Gasteiger partial charge is 0.389 e. The Hall–Kier alpha value is -4.50. The van der Waals surface area contributed by atoms with Crippen molar-refractivity contribution in [2.75, 3.05) is 103 Å². The first-order valence-electron chi connectivity index (χ1n) is 34.2.